The Balaban J connectivity index is 1.09. The quantitative estimate of drug-likeness (QED) is 0.194. The number of hydrogen-bond acceptors (Lipinski definition) is 3. The summed E-state index contributed by atoms with van der Waals surface area (Å²) < 4.78 is 5.09. The lowest BCUT2D eigenvalue weighted by molar-refractivity contribution is 0.152. The predicted octanol–water partition coefficient (Wildman–Crippen LogP) is 12.9. The molecule has 1 N–H and O–H groups in total. The van der Waals surface area contributed by atoms with Gasteiger partial charge in [-0.15, -0.1) is 0 Å². The molecule has 0 amide bonds. The lowest BCUT2D eigenvalue weighted by atomic mass is 9.97. The van der Waals surface area contributed by atoms with Crippen LogP contribution in [-0.4, -0.2) is 26.8 Å². The summed E-state index contributed by atoms with van der Waals surface area (Å²) in [4.78, 5) is 7.70. The number of para-hydroxylation sites is 2. The van der Waals surface area contributed by atoms with Gasteiger partial charge in [-0.3, -0.25) is 4.90 Å². The standard InChI is InChI=1S/C54H37N5/c1-57-53(34-17-6-3-7-18-34)55-52(33-15-4-2-5-16-33)56-54(57)35-27-29-38(30-28-35)58-45-26-13-12-23-42(45)47-39-21-10-11-22-40(39)48-43-25-14-24-41-44-31-36-19-8-9-20-37(36)32-46(44)59(49(41)43)51(48)50(47)58/h2-32,53-54H,1H3,(H,55,56). The van der Waals surface area contributed by atoms with E-state index in [9.17, 15) is 0 Å². The van der Waals surface area contributed by atoms with Crippen LogP contribution in [0.3, 0.4) is 0 Å². The average molecular weight is 756 g/mol. The average Bonchev–Trinajstić information content (AvgIpc) is 3.95. The Hall–Kier alpha value is -7.47. The van der Waals surface area contributed by atoms with Gasteiger partial charge in [0.2, 0.25) is 0 Å². The van der Waals surface area contributed by atoms with E-state index in [0.29, 0.717) is 0 Å². The molecule has 1 aliphatic heterocycles. The molecule has 13 rings (SSSR count). The maximum atomic E-state index is 5.36. The van der Waals surface area contributed by atoms with E-state index in [1.807, 2.05) is 0 Å². The first-order chi connectivity index (χ1) is 29.2. The normalized spacial score (nSPS) is 16.4. The summed E-state index contributed by atoms with van der Waals surface area (Å²) in [5, 5.41) is 16.5. The van der Waals surface area contributed by atoms with Crippen LogP contribution in [0.25, 0.3) is 87.1 Å². The highest BCUT2D eigenvalue weighted by atomic mass is 15.4. The van der Waals surface area contributed by atoms with Crippen molar-refractivity contribution in [3.8, 4) is 5.69 Å². The van der Waals surface area contributed by atoms with Gasteiger partial charge in [-0.1, -0.05) is 158 Å². The topological polar surface area (TPSA) is 37.0 Å². The van der Waals surface area contributed by atoms with Crippen LogP contribution in [0.2, 0.25) is 0 Å². The molecule has 1 aliphatic rings. The van der Waals surface area contributed by atoms with Crippen LogP contribution in [0.4, 0.5) is 0 Å². The van der Waals surface area contributed by atoms with Crippen molar-refractivity contribution in [3.05, 3.63) is 205 Å². The largest absolute Gasteiger partial charge is 0.350 e. The van der Waals surface area contributed by atoms with Crippen LogP contribution in [0.5, 0.6) is 0 Å². The maximum absolute atomic E-state index is 5.36. The Morgan fingerprint density at radius 2 is 1.07 bits per heavy atom. The van der Waals surface area contributed by atoms with Crippen molar-refractivity contribution in [3.63, 3.8) is 0 Å². The third kappa shape index (κ3) is 4.56. The molecule has 9 aromatic carbocycles. The molecular weight excluding hydrogens is 719 g/mol. The molecule has 278 valence electrons. The fraction of sp³-hybridized carbons (Fsp3) is 0.0556. The smallest absolute Gasteiger partial charge is 0.132 e. The molecule has 0 bridgehead atoms. The van der Waals surface area contributed by atoms with Gasteiger partial charge in [-0.05, 0) is 70.1 Å². The van der Waals surface area contributed by atoms with Gasteiger partial charge in [-0.2, -0.15) is 0 Å². The molecule has 4 heterocycles. The molecule has 3 aromatic heterocycles. The lowest BCUT2D eigenvalue weighted by Crippen LogP contribution is -2.45. The van der Waals surface area contributed by atoms with Gasteiger partial charge < -0.3 is 14.3 Å². The minimum Gasteiger partial charge on any atom is -0.350 e. The molecule has 0 radical (unpaired) electrons. The molecule has 0 aliphatic carbocycles. The van der Waals surface area contributed by atoms with E-state index in [4.69, 9.17) is 4.99 Å². The van der Waals surface area contributed by atoms with Gasteiger partial charge >= 0.3 is 0 Å². The zero-order valence-electron chi connectivity index (χ0n) is 32.3. The van der Waals surface area contributed by atoms with E-state index < -0.39 is 0 Å². The highest BCUT2D eigenvalue weighted by Crippen LogP contribution is 2.49. The number of hydrogen-bond donors (Lipinski definition) is 1. The van der Waals surface area contributed by atoms with Crippen molar-refractivity contribution in [2.24, 2.45) is 4.99 Å². The van der Waals surface area contributed by atoms with Crippen molar-refractivity contribution in [1.29, 1.82) is 0 Å². The first-order valence-electron chi connectivity index (χ1n) is 20.4. The van der Waals surface area contributed by atoms with Crippen molar-refractivity contribution < 1.29 is 0 Å². The molecule has 2 atom stereocenters. The Kier molecular flexibility index (Phi) is 6.78. The highest BCUT2D eigenvalue weighted by Gasteiger charge is 2.32. The van der Waals surface area contributed by atoms with Gasteiger partial charge in [0.05, 0.1) is 27.6 Å². The maximum Gasteiger partial charge on any atom is 0.132 e. The van der Waals surface area contributed by atoms with E-state index in [-0.39, 0.29) is 12.3 Å². The summed E-state index contributed by atoms with van der Waals surface area (Å²) >= 11 is 0. The lowest BCUT2D eigenvalue weighted by Gasteiger charge is -2.39. The Labute approximate surface area is 340 Å². The minimum absolute atomic E-state index is 0.0474. The summed E-state index contributed by atoms with van der Waals surface area (Å²) in [6, 6.07) is 68.6. The molecule has 5 heteroatoms. The summed E-state index contributed by atoms with van der Waals surface area (Å²) in [7, 11) is 2.17. The number of nitrogens with zero attached hydrogens (tertiary/aromatic N) is 4. The number of fused-ring (bicyclic) bond motifs is 14. The zero-order valence-corrected chi connectivity index (χ0v) is 32.3. The number of amidine groups is 1. The van der Waals surface area contributed by atoms with Crippen LogP contribution in [0.1, 0.15) is 29.0 Å². The molecular formula is C54H37N5. The van der Waals surface area contributed by atoms with Crippen LogP contribution in [0.15, 0.2) is 193 Å². The summed E-state index contributed by atoms with van der Waals surface area (Å²) in [6.45, 7) is 0. The second-order valence-corrected chi connectivity index (χ2v) is 16.0. The van der Waals surface area contributed by atoms with Crippen LogP contribution < -0.4 is 5.32 Å². The van der Waals surface area contributed by atoms with Gasteiger partial charge in [0.25, 0.3) is 0 Å². The predicted molar refractivity (Wildman–Crippen MR) is 246 cm³/mol. The minimum atomic E-state index is -0.194. The van der Waals surface area contributed by atoms with Gasteiger partial charge in [0, 0.05) is 43.6 Å². The summed E-state index contributed by atoms with van der Waals surface area (Å²) in [5.74, 6) is 0.897. The highest BCUT2D eigenvalue weighted by molar-refractivity contribution is 6.39. The second kappa shape index (κ2) is 12.3. The number of benzene rings is 9. The van der Waals surface area contributed by atoms with Gasteiger partial charge in [0.1, 0.15) is 18.2 Å². The number of rotatable bonds is 4. The van der Waals surface area contributed by atoms with Crippen molar-refractivity contribution in [2.45, 2.75) is 12.3 Å². The third-order valence-electron chi connectivity index (χ3n) is 12.9. The molecule has 5 nitrogen and oxygen atoms in total. The van der Waals surface area contributed by atoms with Gasteiger partial charge in [-0.25, -0.2) is 4.99 Å². The van der Waals surface area contributed by atoms with E-state index in [1.54, 1.807) is 0 Å². The molecule has 0 saturated carbocycles. The molecule has 0 fully saturated rings. The fourth-order valence-corrected chi connectivity index (χ4v) is 10.3. The Morgan fingerprint density at radius 1 is 0.458 bits per heavy atom. The molecule has 0 saturated heterocycles. The van der Waals surface area contributed by atoms with Crippen molar-refractivity contribution >= 4 is 87.3 Å². The van der Waals surface area contributed by atoms with Gasteiger partial charge in [0.15, 0.2) is 0 Å². The first kappa shape index (κ1) is 32.6. The fourth-order valence-electron chi connectivity index (χ4n) is 10.3. The number of aromatic nitrogens is 2. The van der Waals surface area contributed by atoms with Crippen molar-refractivity contribution in [1.82, 2.24) is 19.2 Å². The zero-order chi connectivity index (χ0) is 38.8. The Bertz CT molecular complexity index is 3650. The molecule has 12 aromatic rings. The van der Waals surface area contributed by atoms with E-state index >= 15 is 0 Å². The van der Waals surface area contributed by atoms with Crippen LogP contribution in [-0.2, 0) is 0 Å². The number of aliphatic imine (C=N–C) groups is 1. The Morgan fingerprint density at radius 3 is 1.83 bits per heavy atom. The van der Waals surface area contributed by atoms with Crippen LogP contribution >= 0.6 is 0 Å². The second-order valence-electron chi connectivity index (χ2n) is 16.0. The van der Waals surface area contributed by atoms with E-state index in [1.165, 1.54) is 87.0 Å². The molecule has 59 heavy (non-hydrogen) atoms. The first-order valence-corrected chi connectivity index (χ1v) is 20.4. The summed E-state index contributed by atoms with van der Waals surface area (Å²) in [6.07, 6.45) is -0.241. The van der Waals surface area contributed by atoms with Crippen LogP contribution in [0, 0.1) is 0 Å². The monoisotopic (exact) mass is 755 g/mol. The van der Waals surface area contributed by atoms with Crippen molar-refractivity contribution in [2.75, 3.05) is 7.05 Å². The summed E-state index contributed by atoms with van der Waals surface area (Å²) in [5.41, 5.74) is 10.7. The SMILES string of the molecule is CN1C(c2ccc(-n3c4ccccc4c4c5ccccc5c5c6cccc7c8cc9ccccc9cc8n(c76)c5c43)cc2)N=C(c2ccccc2)NC1c1ccccc1. The van der Waals surface area contributed by atoms with E-state index in [2.05, 4.69) is 214 Å². The molecule has 2 unspecified atom stereocenters. The van der Waals surface area contributed by atoms with E-state index in [0.717, 1.165) is 22.6 Å². The molecule has 0 spiro atoms. The number of nitrogens with one attached hydrogen (secondary N) is 1. The third-order valence-corrected chi connectivity index (χ3v) is 12.9.